The molecule has 2 nitrogen and oxygen atoms in total. The lowest BCUT2D eigenvalue weighted by Gasteiger charge is -2.24. The van der Waals surface area contributed by atoms with Gasteiger partial charge in [0.2, 0.25) is 0 Å². The normalized spacial score (nSPS) is 21.6. The fraction of sp³-hybridized carbons (Fsp3) is 0.500. The Kier molecular flexibility index (Phi) is 3.17. The van der Waals surface area contributed by atoms with Crippen molar-refractivity contribution in [2.75, 3.05) is 13.1 Å². The van der Waals surface area contributed by atoms with E-state index in [2.05, 4.69) is 5.32 Å². The number of benzene rings is 1. The van der Waals surface area contributed by atoms with Gasteiger partial charge in [0.15, 0.2) is 0 Å². The van der Waals surface area contributed by atoms with Crippen LogP contribution in [0.1, 0.15) is 29.9 Å². The summed E-state index contributed by atoms with van der Waals surface area (Å²) >= 11 is 6.18. The highest BCUT2D eigenvalue weighted by Gasteiger charge is 2.21. The van der Waals surface area contributed by atoms with Crippen molar-refractivity contribution >= 4 is 11.6 Å². The van der Waals surface area contributed by atoms with Crippen molar-refractivity contribution in [2.24, 2.45) is 0 Å². The molecule has 2 rings (SSSR count). The molecule has 0 bridgehead atoms. The highest BCUT2D eigenvalue weighted by atomic mass is 35.5. The van der Waals surface area contributed by atoms with Gasteiger partial charge in [0.25, 0.3) is 0 Å². The largest absolute Gasteiger partial charge is 0.508 e. The summed E-state index contributed by atoms with van der Waals surface area (Å²) in [5.41, 5.74) is 1.92. The molecule has 1 aromatic carbocycles. The van der Waals surface area contributed by atoms with Crippen LogP contribution in [0.15, 0.2) is 12.1 Å². The topological polar surface area (TPSA) is 32.3 Å². The molecule has 1 aliphatic rings. The fourth-order valence-electron chi connectivity index (χ4n) is 2.24. The Morgan fingerprint density at radius 3 is 2.87 bits per heavy atom. The number of halogens is 1. The summed E-state index contributed by atoms with van der Waals surface area (Å²) in [6, 6.07) is 3.71. The van der Waals surface area contributed by atoms with Gasteiger partial charge in [-0.2, -0.15) is 0 Å². The molecule has 1 atom stereocenters. The Morgan fingerprint density at radius 2 is 2.27 bits per heavy atom. The molecule has 1 unspecified atom stereocenters. The number of hydrogen-bond acceptors (Lipinski definition) is 2. The second-order valence-corrected chi connectivity index (χ2v) is 4.63. The maximum atomic E-state index is 9.91. The standard InChI is InChI=1S/C12H16ClNO/c1-8-5-10(13)12(11(15)6-8)9-3-2-4-14-7-9/h5-6,9,14-15H,2-4,7H2,1H3. The summed E-state index contributed by atoms with van der Waals surface area (Å²) in [7, 11) is 0. The molecule has 0 spiro atoms. The van der Waals surface area contributed by atoms with Crippen LogP contribution in [0, 0.1) is 6.92 Å². The number of hydrogen-bond donors (Lipinski definition) is 2. The predicted octanol–water partition coefficient (Wildman–Crippen LogP) is 2.82. The van der Waals surface area contributed by atoms with E-state index in [0.717, 1.165) is 37.1 Å². The van der Waals surface area contributed by atoms with Crippen molar-refractivity contribution in [1.82, 2.24) is 5.32 Å². The van der Waals surface area contributed by atoms with Gasteiger partial charge >= 0.3 is 0 Å². The lowest BCUT2D eigenvalue weighted by atomic mass is 9.90. The maximum Gasteiger partial charge on any atom is 0.120 e. The highest BCUT2D eigenvalue weighted by Crippen LogP contribution is 2.36. The van der Waals surface area contributed by atoms with Gasteiger partial charge in [-0.15, -0.1) is 0 Å². The molecule has 3 heteroatoms. The third-order valence-electron chi connectivity index (χ3n) is 2.96. The lowest BCUT2D eigenvalue weighted by molar-refractivity contribution is 0.425. The van der Waals surface area contributed by atoms with E-state index >= 15 is 0 Å². The summed E-state index contributed by atoms with van der Waals surface area (Å²) in [5, 5.41) is 13.9. The van der Waals surface area contributed by atoms with Gasteiger partial charge in [-0.3, -0.25) is 0 Å². The van der Waals surface area contributed by atoms with Crippen LogP contribution in [0.5, 0.6) is 5.75 Å². The van der Waals surface area contributed by atoms with Crippen LogP contribution < -0.4 is 5.32 Å². The van der Waals surface area contributed by atoms with E-state index in [4.69, 9.17) is 11.6 Å². The zero-order chi connectivity index (χ0) is 10.8. The van der Waals surface area contributed by atoms with Crippen LogP contribution in [-0.4, -0.2) is 18.2 Å². The molecule has 0 aromatic heterocycles. The number of phenolic OH excluding ortho intramolecular Hbond substituents is 1. The van der Waals surface area contributed by atoms with Crippen LogP contribution in [0.25, 0.3) is 0 Å². The molecule has 82 valence electrons. The van der Waals surface area contributed by atoms with Crippen molar-refractivity contribution < 1.29 is 5.11 Å². The minimum absolute atomic E-state index is 0.341. The first-order valence-electron chi connectivity index (χ1n) is 5.38. The van der Waals surface area contributed by atoms with E-state index in [0.29, 0.717) is 16.7 Å². The number of rotatable bonds is 1. The first-order chi connectivity index (χ1) is 7.18. The molecule has 1 heterocycles. The van der Waals surface area contributed by atoms with Crippen LogP contribution in [-0.2, 0) is 0 Å². The minimum Gasteiger partial charge on any atom is -0.508 e. The molecule has 1 aliphatic heterocycles. The third kappa shape index (κ3) is 2.27. The Morgan fingerprint density at radius 1 is 1.47 bits per heavy atom. The Bertz CT molecular complexity index is 336. The van der Waals surface area contributed by atoms with Crippen molar-refractivity contribution in [1.29, 1.82) is 0 Å². The van der Waals surface area contributed by atoms with Crippen LogP contribution >= 0.6 is 11.6 Å². The number of aryl methyl sites for hydroxylation is 1. The number of phenols is 1. The second kappa shape index (κ2) is 4.42. The van der Waals surface area contributed by atoms with E-state index in [1.807, 2.05) is 13.0 Å². The molecular weight excluding hydrogens is 210 g/mol. The fourth-order valence-corrected chi connectivity index (χ4v) is 2.66. The monoisotopic (exact) mass is 225 g/mol. The molecule has 0 saturated carbocycles. The molecule has 0 radical (unpaired) electrons. The van der Waals surface area contributed by atoms with Crippen LogP contribution in [0.2, 0.25) is 5.02 Å². The van der Waals surface area contributed by atoms with Gasteiger partial charge < -0.3 is 10.4 Å². The molecule has 1 aromatic rings. The second-order valence-electron chi connectivity index (χ2n) is 4.22. The van der Waals surface area contributed by atoms with Gasteiger partial charge in [0, 0.05) is 23.0 Å². The molecule has 1 fully saturated rings. The van der Waals surface area contributed by atoms with Gasteiger partial charge in [0.05, 0.1) is 0 Å². The van der Waals surface area contributed by atoms with Gasteiger partial charge in [0.1, 0.15) is 5.75 Å². The molecule has 15 heavy (non-hydrogen) atoms. The van der Waals surface area contributed by atoms with Gasteiger partial charge in [-0.05, 0) is 44.0 Å². The predicted molar refractivity (Wildman–Crippen MR) is 62.7 cm³/mol. The average Bonchev–Trinajstić information content (AvgIpc) is 2.17. The molecule has 0 amide bonds. The smallest absolute Gasteiger partial charge is 0.120 e. The Balaban J connectivity index is 2.33. The number of nitrogens with one attached hydrogen (secondary N) is 1. The first kappa shape index (κ1) is 10.8. The van der Waals surface area contributed by atoms with Crippen LogP contribution in [0.3, 0.4) is 0 Å². The summed E-state index contributed by atoms with van der Waals surface area (Å²) in [4.78, 5) is 0. The lowest BCUT2D eigenvalue weighted by Crippen LogP contribution is -2.28. The number of piperidine rings is 1. The summed E-state index contributed by atoms with van der Waals surface area (Å²) in [6.07, 6.45) is 2.25. The quantitative estimate of drug-likeness (QED) is 0.771. The SMILES string of the molecule is Cc1cc(O)c(C2CCCNC2)c(Cl)c1. The summed E-state index contributed by atoms with van der Waals surface area (Å²) in [5.74, 6) is 0.695. The third-order valence-corrected chi connectivity index (χ3v) is 3.27. The maximum absolute atomic E-state index is 9.91. The zero-order valence-corrected chi connectivity index (χ0v) is 9.64. The van der Waals surface area contributed by atoms with Crippen molar-refractivity contribution in [2.45, 2.75) is 25.7 Å². The summed E-state index contributed by atoms with van der Waals surface area (Å²) < 4.78 is 0. The zero-order valence-electron chi connectivity index (χ0n) is 8.89. The van der Waals surface area contributed by atoms with E-state index in [1.165, 1.54) is 0 Å². The van der Waals surface area contributed by atoms with Crippen molar-refractivity contribution in [3.8, 4) is 5.75 Å². The van der Waals surface area contributed by atoms with E-state index in [1.54, 1.807) is 6.07 Å². The van der Waals surface area contributed by atoms with E-state index < -0.39 is 0 Å². The Hall–Kier alpha value is -0.730. The van der Waals surface area contributed by atoms with Crippen molar-refractivity contribution in [3.63, 3.8) is 0 Å². The summed E-state index contributed by atoms with van der Waals surface area (Å²) in [6.45, 7) is 3.92. The molecule has 0 aliphatic carbocycles. The van der Waals surface area contributed by atoms with E-state index in [9.17, 15) is 5.11 Å². The average molecular weight is 226 g/mol. The minimum atomic E-state index is 0.341. The van der Waals surface area contributed by atoms with E-state index in [-0.39, 0.29) is 0 Å². The molecular formula is C12H16ClNO. The van der Waals surface area contributed by atoms with Crippen molar-refractivity contribution in [3.05, 3.63) is 28.3 Å². The molecule has 2 N–H and O–H groups in total. The number of aromatic hydroxyl groups is 1. The van der Waals surface area contributed by atoms with Gasteiger partial charge in [-0.1, -0.05) is 11.6 Å². The highest BCUT2D eigenvalue weighted by molar-refractivity contribution is 6.31. The first-order valence-corrected chi connectivity index (χ1v) is 5.76. The Labute approximate surface area is 95.3 Å². The van der Waals surface area contributed by atoms with Gasteiger partial charge in [-0.25, -0.2) is 0 Å². The molecule has 1 saturated heterocycles. The van der Waals surface area contributed by atoms with Crippen LogP contribution in [0.4, 0.5) is 0 Å².